The fraction of sp³-hybridized carbons (Fsp3) is 0.591. The van der Waals surface area contributed by atoms with Gasteiger partial charge in [-0.15, -0.1) is 0 Å². The number of para-hydroxylation sites is 1. The molecule has 1 aliphatic carbocycles. The molecule has 2 heterocycles. The molecular weight excluding hydrogens is 338 g/mol. The minimum Gasteiger partial charge on any atom is -0.494 e. The third-order valence-corrected chi connectivity index (χ3v) is 6.21. The summed E-state index contributed by atoms with van der Waals surface area (Å²) in [5, 5.41) is 10.7. The van der Waals surface area contributed by atoms with Gasteiger partial charge in [0, 0.05) is 50.3 Å². The molecule has 1 N–H and O–H groups in total. The van der Waals surface area contributed by atoms with Gasteiger partial charge in [-0.25, -0.2) is 4.98 Å². The van der Waals surface area contributed by atoms with Crippen molar-refractivity contribution in [1.29, 1.82) is 0 Å². The van der Waals surface area contributed by atoms with Gasteiger partial charge in [-0.05, 0) is 31.4 Å². The normalized spacial score (nSPS) is 22.5. The van der Waals surface area contributed by atoms with Crippen LogP contribution in [-0.4, -0.2) is 65.3 Å². The predicted octanol–water partition coefficient (Wildman–Crippen LogP) is 3.05. The van der Waals surface area contributed by atoms with Crippen molar-refractivity contribution in [3.05, 3.63) is 36.0 Å². The van der Waals surface area contributed by atoms with Gasteiger partial charge in [-0.2, -0.15) is 0 Å². The smallest absolute Gasteiger partial charge is 0.145 e. The Morgan fingerprint density at radius 3 is 2.78 bits per heavy atom. The lowest BCUT2D eigenvalue weighted by atomic mass is 10.0. The van der Waals surface area contributed by atoms with Gasteiger partial charge in [-0.1, -0.05) is 31.0 Å². The van der Waals surface area contributed by atoms with Crippen molar-refractivity contribution >= 4 is 10.9 Å². The van der Waals surface area contributed by atoms with Crippen molar-refractivity contribution in [2.75, 3.05) is 33.4 Å². The Morgan fingerprint density at radius 2 is 2.00 bits per heavy atom. The van der Waals surface area contributed by atoms with Crippen molar-refractivity contribution in [2.45, 2.75) is 50.7 Å². The maximum atomic E-state index is 9.56. The van der Waals surface area contributed by atoms with Gasteiger partial charge in [0.1, 0.15) is 11.3 Å². The van der Waals surface area contributed by atoms with Crippen LogP contribution in [0.3, 0.4) is 0 Å². The van der Waals surface area contributed by atoms with Crippen LogP contribution in [0.15, 0.2) is 30.3 Å². The van der Waals surface area contributed by atoms with Crippen LogP contribution in [0.25, 0.3) is 10.9 Å². The summed E-state index contributed by atoms with van der Waals surface area (Å²) in [5.41, 5.74) is 2.03. The Balaban J connectivity index is 1.47. The third-order valence-electron chi connectivity index (χ3n) is 6.21. The summed E-state index contributed by atoms with van der Waals surface area (Å²) in [4.78, 5) is 10.1. The summed E-state index contributed by atoms with van der Waals surface area (Å²) in [5.74, 6) is 0.832. The van der Waals surface area contributed by atoms with Gasteiger partial charge in [0.2, 0.25) is 0 Å². The fourth-order valence-electron chi connectivity index (χ4n) is 4.84. The SMILES string of the molecule is COc1cccc2ccc(CN3CCN(C4CCCC4)[C@@H](CCO)C3)nc12. The van der Waals surface area contributed by atoms with Gasteiger partial charge in [0.25, 0.3) is 0 Å². The number of rotatable bonds is 6. The van der Waals surface area contributed by atoms with Crippen LogP contribution in [0.5, 0.6) is 5.75 Å². The van der Waals surface area contributed by atoms with Crippen LogP contribution in [0, 0.1) is 0 Å². The van der Waals surface area contributed by atoms with Crippen LogP contribution in [0.2, 0.25) is 0 Å². The molecule has 0 amide bonds. The molecule has 2 aliphatic rings. The number of ether oxygens (including phenoxy) is 1. The molecule has 1 aliphatic heterocycles. The largest absolute Gasteiger partial charge is 0.494 e. The van der Waals surface area contributed by atoms with E-state index in [-0.39, 0.29) is 6.61 Å². The second kappa shape index (κ2) is 8.55. The summed E-state index contributed by atoms with van der Waals surface area (Å²) in [6.45, 7) is 4.32. The molecule has 27 heavy (non-hydrogen) atoms. The first kappa shape index (κ1) is 18.7. The van der Waals surface area contributed by atoms with Gasteiger partial charge in [0.15, 0.2) is 0 Å². The number of piperazine rings is 1. The van der Waals surface area contributed by atoms with Crippen molar-refractivity contribution < 1.29 is 9.84 Å². The van der Waals surface area contributed by atoms with E-state index in [1.807, 2.05) is 12.1 Å². The molecule has 1 saturated heterocycles. The van der Waals surface area contributed by atoms with Crippen LogP contribution < -0.4 is 4.74 Å². The molecule has 1 aromatic heterocycles. The van der Waals surface area contributed by atoms with Crippen molar-refractivity contribution in [3.63, 3.8) is 0 Å². The topological polar surface area (TPSA) is 48.8 Å². The second-order valence-electron chi connectivity index (χ2n) is 7.91. The third kappa shape index (κ3) is 4.10. The first-order chi connectivity index (χ1) is 13.3. The molecule has 0 unspecified atom stereocenters. The van der Waals surface area contributed by atoms with E-state index in [0.717, 1.165) is 61.0 Å². The highest BCUT2D eigenvalue weighted by Crippen LogP contribution is 2.29. The minimum atomic E-state index is 0.271. The molecule has 0 radical (unpaired) electrons. The summed E-state index contributed by atoms with van der Waals surface area (Å²) in [6, 6.07) is 11.5. The number of aliphatic hydroxyl groups excluding tert-OH is 1. The Morgan fingerprint density at radius 1 is 1.15 bits per heavy atom. The highest BCUT2D eigenvalue weighted by molar-refractivity contribution is 5.84. The van der Waals surface area contributed by atoms with Crippen LogP contribution in [0.4, 0.5) is 0 Å². The maximum Gasteiger partial charge on any atom is 0.145 e. The van der Waals surface area contributed by atoms with Crippen LogP contribution in [-0.2, 0) is 6.54 Å². The summed E-state index contributed by atoms with van der Waals surface area (Å²) < 4.78 is 5.48. The standard InChI is InChI=1S/C22H31N3O2/c1-27-21-8-4-5-17-9-10-18(23-22(17)21)15-24-12-13-25(19-6-2-3-7-19)20(16-24)11-14-26/h4-5,8-10,19-20,26H,2-3,6-7,11-16H2,1H3/t20-/m0/s1. The monoisotopic (exact) mass is 369 g/mol. The number of aromatic nitrogens is 1. The molecule has 1 aromatic carbocycles. The second-order valence-corrected chi connectivity index (χ2v) is 7.91. The van der Waals surface area contributed by atoms with E-state index in [9.17, 15) is 5.11 Å². The summed E-state index contributed by atoms with van der Waals surface area (Å²) in [7, 11) is 1.70. The lowest BCUT2D eigenvalue weighted by molar-refractivity contribution is 0.0263. The molecule has 0 bridgehead atoms. The Kier molecular flexibility index (Phi) is 5.91. The van der Waals surface area contributed by atoms with E-state index >= 15 is 0 Å². The number of methoxy groups -OCH3 is 1. The van der Waals surface area contributed by atoms with E-state index in [4.69, 9.17) is 9.72 Å². The Labute approximate surface area is 161 Å². The molecule has 1 saturated carbocycles. The molecule has 146 valence electrons. The van der Waals surface area contributed by atoms with Crippen molar-refractivity contribution in [3.8, 4) is 5.75 Å². The molecule has 0 spiro atoms. The molecule has 5 heteroatoms. The number of pyridine rings is 1. The van der Waals surface area contributed by atoms with Crippen LogP contribution >= 0.6 is 0 Å². The van der Waals surface area contributed by atoms with E-state index in [0.29, 0.717) is 6.04 Å². The molecular formula is C22H31N3O2. The van der Waals surface area contributed by atoms with E-state index < -0.39 is 0 Å². The number of nitrogens with zero attached hydrogens (tertiary/aromatic N) is 3. The highest BCUT2D eigenvalue weighted by Gasteiger charge is 2.33. The van der Waals surface area contributed by atoms with Gasteiger partial charge in [-0.3, -0.25) is 9.80 Å². The van der Waals surface area contributed by atoms with E-state index in [1.165, 1.54) is 25.7 Å². The first-order valence-corrected chi connectivity index (χ1v) is 10.3. The van der Waals surface area contributed by atoms with Gasteiger partial charge in [0.05, 0.1) is 12.8 Å². The number of hydrogen-bond acceptors (Lipinski definition) is 5. The Hall–Kier alpha value is -1.69. The molecule has 2 fully saturated rings. The number of aliphatic hydroxyl groups is 1. The molecule has 2 aromatic rings. The lowest BCUT2D eigenvalue weighted by Crippen LogP contribution is -2.56. The fourth-order valence-corrected chi connectivity index (χ4v) is 4.84. The van der Waals surface area contributed by atoms with Gasteiger partial charge >= 0.3 is 0 Å². The van der Waals surface area contributed by atoms with Crippen molar-refractivity contribution in [1.82, 2.24) is 14.8 Å². The molecule has 5 nitrogen and oxygen atoms in total. The number of hydrogen-bond donors (Lipinski definition) is 1. The number of fused-ring (bicyclic) bond motifs is 1. The zero-order valence-electron chi connectivity index (χ0n) is 16.3. The summed E-state index contributed by atoms with van der Waals surface area (Å²) in [6.07, 6.45) is 6.24. The zero-order chi connectivity index (χ0) is 18.6. The van der Waals surface area contributed by atoms with Crippen molar-refractivity contribution in [2.24, 2.45) is 0 Å². The first-order valence-electron chi connectivity index (χ1n) is 10.3. The Bertz CT molecular complexity index is 760. The molecule has 4 rings (SSSR count). The molecule has 1 atom stereocenters. The van der Waals surface area contributed by atoms with Crippen LogP contribution in [0.1, 0.15) is 37.8 Å². The quantitative estimate of drug-likeness (QED) is 0.848. The number of benzene rings is 1. The predicted molar refractivity (Wildman–Crippen MR) is 108 cm³/mol. The zero-order valence-corrected chi connectivity index (χ0v) is 16.3. The van der Waals surface area contributed by atoms with E-state index in [2.05, 4.69) is 28.0 Å². The van der Waals surface area contributed by atoms with Gasteiger partial charge < -0.3 is 9.84 Å². The highest BCUT2D eigenvalue weighted by atomic mass is 16.5. The average molecular weight is 370 g/mol. The average Bonchev–Trinajstić information content (AvgIpc) is 3.22. The minimum absolute atomic E-state index is 0.271. The maximum absolute atomic E-state index is 9.56. The summed E-state index contributed by atoms with van der Waals surface area (Å²) >= 11 is 0. The lowest BCUT2D eigenvalue weighted by Gasteiger charge is -2.44. The van der Waals surface area contributed by atoms with E-state index in [1.54, 1.807) is 7.11 Å².